The fourth-order valence-electron chi connectivity index (χ4n) is 2.24. The Morgan fingerprint density at radius 1 is 1.32 bits per heavy atom. The van der Waals surface area contributed by atoms with E-state index in [9.17, 15) is 9.50 Å². The van der Waals surface area contributed by atoms with Gasteiger partial charge in [-0.25, -0.2) is 9.37 Å². The minimum absolute atomic E-state index is 0.0322. The number of nitrogens with one attached hydrogen (secondary N) is 1. The SMILES string of the molecule is CC(C)N(C)c1ccc(F)c(CN[C@@H](CO)CC(C)(C)C)n1. The number of hydrogen-bond donors (Lipinski definition) is 2. The smallest absolute Gasteiger partial charge is 0.146 e. The standard InChI is InChI=1S/C17H30FN3O/c1-12(2)21(6)16-8-7-14(18)15(20-16)10-19-13(11-22)9-17(3,4)5/h7-8,12-13,19,22H,9-11H2,1-6H3/t13-/m1/s1. The molecule has 1 atom stereocenters. The largest absolute Gasteiger partial charge is 0.395 e. The fourth-order valence-corrected chi connectivity index (χ4v) is 2.24. The first kappa shape index (κ1) is 18.8. The Kier molecular flexibility index (Phi) is 6.75. The zero-order chi connectivity index (χ0) is 16.9. The predicted octanol–water partition coefficient (Wildman–Crippen LogP) is 2.95. The Morgan fingerprint density at radius 3 is 2.45 bits per heavy atom. The first-order valence-electron chi connectivity index (χ1n) is 7.86. The van der Waals surface area contributed by atoms with Crippen molar-refractivity contribution in [3.8, 4) is 0 Å². The second-order valence-electron chi connectivity index (χ2n) is 7.33. The highest BCUT2D eigenvalue weighted by molar-refractivity contribution is 5.39. The van der Waals surface area contributed by atoms with Crippen LogP contribution >= 0.6 is 0 Å². The van der Waals surface area contributed by atoms with Crippen molar-refractivity contribution in [2.45, 2.75) is 59.7 Å². The molecule has 0 saturated heterocycles. The molecule has 0 aliphatic rings. The number of aliphatic hydroxyl groups excluding tert-OH is 1. The van der Waals surface area contributed by atoms with E-state index < -0.39 is 0 Å². The maximum atomic E-state index is 13.9. The third kappa shape index (κ3) is 5.89. The van der Waals surface area contributed by atoms with Gasteiger partial charge in [0.05, 0.1) is 12.3 Å². The third-order valence-corrected chi connectivity index (χ3v) is 3.68. The Morgan fingerprint density at radius 2 is 1.95 bits per heavy atom. The monoisotopic (exact) mass is 311 g/mol. The van der Waals surface area contributed by atoms with Gasteiger partial charge in [0.15, 0.2) is 0 Å². The molecular formula is C17H30FN3O. The number of hydrogen-bond acceptors (Lipinski definition) is 4. The van der Waals surface area contributed by atoms with E-state index in [0.717, 1.165) is 12.2 Å². The summed E-state index contributed by atoms with van der Waals surface area (Å²) in [5.41, 5.74) is 0.490. The van der Waals surface area contributed by atoms with Gasteiger partial charge >= 0.3 is 0 Å². The molecule has 0 aromatic carbocycles. The molecule has 1 aromatic rings. The molecule has 22 heavy (non-hydrogen) atoms. The third-order valence-electron chi connectivity index (χ3n) is 3.68. The molecule has 2 N–H and O–H groups in total. The molecule has 1 aromatic heterocycles. The minimum Gasteiger partial charge on any atom is -0.395 e. The molecule has 1 heterocycles. The Hall–Kier alpha value is -1.20. The summed E-state index contributed by atoms with van der Waals surface area (Å²) in [5.74, 6) is 0.436. The van der Waals surface area contributed by atoms with Crippen molar-refractivity contribution in [1.82, 2.24) is 10.3 Å². The molecule has 0 aliphatic heterocycles. The lowest BCUT2D eigenvalue weighted by Gasteiger charge is -2.26. The van der Waals surface area contributed by atoms with Crippen molar-refractivity contribution in [3.05, 3.63) is 23.6 Å². The van der Waals surface area contributed by atoms with Crippen LogP contribution < -0.4 is 10.2 Å². The topological polar surface area (TPSA) is 48.4 Å². The number of halogens is 1. The van der Waals surface area contributed by atoms with Crippen LogP contribution in [-0.2, 0) is 6.54 Å². The summed E-state index contributed by atoms with van der Waals surface area (Å²) >= 11 is 0. The number of nitrogens with zero attached hydrogens (tertiary/aromatic N) is 2. The molecule has 0 aliphatic carbocycles. The Labute approximate surface area is 133 Å². The van der Waals surface area contributed by atoms with E-state index in [1.807, 2.05) is 11.9 Å². The maximum absolute atomic E-state index is 13.9. The van der Waals surface area contributed by atoms with Gasteiger partial charge in [-0.05, 0) is 37.8 Å². The van der Waals surface area contributed by atoms with Crippen LogP contribution in [0.2, 0.25) is 0 Å². The van der Waals surface area contributed by atoms with Gasteiger partial charge in [0, 0.05) is 25.7 Å². The van der Waals surface area contributed by atoms with Crippen LogP contribution in [0.3, 0.4) is 0 Å². The van der Waals surface area contributed by atoms with Gasteiger partial charge < -0.3 is 15.3 Å². The maximum Gasteiger partial charge on any atom is 0.146 e. The molecular weight excluding hydrogens is 281 g/mol. The second-order valence-corrected chi connectivity index (χ2v) is 7.33. The molecule has 126 valence electrons. The van der Waals surface area contributed by atoms with Gasteiger partial charge in [-0.1, -0.05) is 20.8 Å². The van der Waals surface area contributed by atoms with Crippen molar-refractivity contribution in [2.75, 3.05) is 18.6 Å². The van der Waals surface area contributed by atoms with Gasteiger partial charge in [-0.3, -0.25) is 0 Å². The lowest BCUT2D eigenvalue weighted by atomic mass is 9.88. The predicted molar refractivity (Wildman–Crippen MR) is 89.5 cm³/mol. The first-order valence-corrected chi connectivity index (χ1v) is 7.86. The van der Waals surface area contributed by atoms with Gasteiger partial charge in [0.25, 0.3) is 0 Å². The molecule has 0 amide bonds. The lowest BCUT2D eigenvalue weighted by Crippen LogP contribution is -2.36. The summed E-state index contributed by atoms with van der Waals surface area (Å²) in [6.45, 7) is 10.8. The zero-order valence-corrected chi connectivity index (χ0v) is 14.7. The van der Waals surface area contributed by atoms with E-state index in [2.05, 4.69) is 44.9 Å². The Balaban J connectivity index is 2.78. The Bertz CT molecular complexity index is 471. The van der Waals surface area contributed by atoms with Crippen molar-refractivity contribution < 1.29 is 9.50 Å². The molecule has 0 bridgehead atoms. The molecule has 0 fully saturated rings. The fraction of sp³-hybridized carbons (Fsp3) is 0.706. The van der Waals surface area contributed by atoms with Crippen LogP contribution in [0.25, 0.3) is 0 Å². The van der Waals surface area contributed by atoms with Crippen LogP contribution in [-0.4, -0.2) is 35.8 Å². The van der Waals surface area contributed by atoms with E-state index >= 15 is 0 Å². The average Bonchev–Trinajstić information content (AvgIpc) is 2.42. The molecule has 0 unspecified atom stereocenters. The molecule has 0 radical (unpaired) electrons. The number of rotatable bonds is 7. The number of aliphatic hydroxyl groups is 1. The van der Waals surface area contributed by atoms with Crippen LogP contribution in [0.1, 0.15) is 46.7 Å². The number of pyridine rings is 1. The molecule has 4 nitrogen and oxygen atoms in total. The van der Waals surface area contributed by atoms with Crippen LogP contribution in [0.4, 0.5) is 10.2 Å². The van der Waals surface area contributed by atoms with Crippen molar-refractivity contribution >= 4 is 5.82 Å². The summed E-state index contributed by atoms with van der Waals surface area (Å²) in [6.07, 6.45) is 0.816. The normalized spacial score (nSPS) is 13.5. The van der Waals surface area contributed by atoms with Gasteiger partial charge in [-0.2, -0.15) is 0 Å². The second kappa shape index (κ2) is 7.88. The highest BCUT2D eigenvalue weighted by Gasteiger charge is 2.19. The van der Waals surface area contributed by atoms with Crippen LogP contribution in [0.5, 0.6) is 0 Å². The summed E-state index contributed by atoms with van der Waals surface area (Å²) < 4.78 is 13.9. The molecule has 0 saturated carbocycles. The first-order chi connectivity index (χ1) is 10.1. The minimum atomic E-state index is -0.319. The van der Waals surface area contributed by atoms with Crippen LogP contribution in [0, 0.1) is 11.2 Å². The van der Waals surface area contributed by atoms with Crippen LogP contribution in [0.15, 0.2) is 12.1 Å². The van der Waals surface area contributed by atoms with E-state index in [1.165, 1.54) is 6.07 Å². The lowest BCUT2D eigenvalue weighted by molar-refractivity contribution is 0.197. The van der Waals surface area contributed by atoms with Gasteiger partial charge in [0.2, 0.25) is 0 Å². The molecule has 1 rings (SSSR count). The highest BCUT2D eigenvalue weighted by Crippen LogP contribution is 2.21. The van der Waals surface area contributed by atoms with E-state index in [4.69, 9.17) is 0 Å². The van der Waals surface area contributed by atoms with E-state index in [0.29, 0.717) is 18.3 Å². The average molecular weight is 311 g/mol. The highest BCUT2D eigenvalue weighted by atomic mass is 19.1. The number of anilines is 1. The molecule has 0 spiro atoms. The van der Waals surface area contributed by atoms with Crippen molar-refractivity contribution in [2.24, 2.45) is 5.41 Å². The van der Waals surface area contributed by atoms with E-state index in [1.54, 1.807) is 6.07 Å². The summed E-state index contributed by atoms with van der Waals surface area (Å²) in [5, 5.41) is 12.7. The summed E-state index contributed by atoms with van der Waals surface area (Å²) in [6, 6.07) is 3.38. The summed E-state index contributed by atoms with van der Waals surface area (Å²) in [4.78, 5) is 6.40. The van der Waals surface area contributed by atoms with Gasteiger partial charge in [-0.15, -0.1) is 0 Å². The van der Waals surface area contributed by atoms with Gasteiger partial charge in [0.1, 0.15) is 11.6 Å². The molecule has 5 heteroatoms. The van der Waals surface area contributed by atoms with Crippen molar-refractivity contribution in [3.63, 3.8) is 0 Å². The zero-order valence-electron chi connectivity index (χ0n) is 14.7. The summed E-state index contributed by atoms with van der Waals surface area (Å²) in [7, 11) is 1.94. The number of aromatic nitrogens is 1. The van der Waals surface area contributed by atoms with Crippen molar-refractivity contribution in [1.29, 1.82) is 0 Å². The quantitative estimate of drug-likeness (QED) is 0.813. The van der Waals surface area contributed by atoms with E-state index in [-0.39, 0.29) is 23.9 Å².